The van der Waals surface area contributed by atoms with Crippen LogP contribution >= 0.6 is 15.9 Å². The van der Waals surface area contributed by atoms with Gasteiger partial charge in [-0.25, -0.2) is 0 Å². The van der Waals surface area contributed by atoms with Crippen molar-refractivity contribution in [3.8, 4) is 0 Å². The van der Waals surface area contributed by atoms with E-state index in [1.807, 2.05) is 16.8 Å². The summed E-state index contributed by atoms with van der Waals surface area (Å²) >= 11 is 3.40. The Labute approximate surface area is 98.0 Å². The first kappa shape index (κ1) is 10.7. The van der Waals surface area contributed by atoms with Crippen molar-refractivity contribution in [1.29, 1.82) is 0 Å². The van der Waals surface area contributed by atoms with Crippen LogP contribution in [-0.2, 0) is 0 Å². The number of hydrogen-bond acceptors (Lipinski definition) is 1. The molecule has 1 heterocycles. The number of nitrogens with one attached hydrogen (secondary N) is 1. The number of carbonyl (C=O) groups is 1. The van der Waals surface area contributed by atoms with Gasteiger partial charge in [0.25, 0.3) is 5.91 Å². The Balaban J connectivity index is 2.20. The van der Waals surface area contributed by atoms with Gasteiger partial charge in [0.05, 0.1) is 0 Å². The molecule has 3 nitrogen and oxygen atoms in total. The van der Waals surface area contributed by atoms with Gasteiger partial charge < -0.3 is 9.88 Å². The van der Waals surface area contributed by atoms with Gasteiger partial charge >= 0.3 is 0 Å². The largest absolute Gasteiger partial charge is 0.348 e. The van der Waals surface area contributed by atoms with Gasteiger partial charge in [-0.1, -0.05) is 0 Å². The molecule has 1 amide bonds. The standard InChI is InChI=1S/C11H15BrN2O/c1-7(2)14-6-8(12)5-10(14)11(15)13-9-3-4-9/h5-7,9H,3-4H2,1-2H3,(H,13,15). The zero-order valence-corrected chi connectivity index (χ0v) is 10.5. The first-order chi connectivity index (χ1) is 7.08. The zero-order chi connectivity index (χ0) is 11.0. The van der Waals surface area contributed by atoms with Crippen LogP contribution in [0.3, 0.4) is 0 Å². The molecule has 0 aromatic carbocycles. The third-order valence-corrected chi connectivity index (χ3v) is 2.95. The van der Waals surface area contributed by atoms with Crippen molar-refractivity contribution < 1.29 is 4.79 Å². The van der Waals surface area contributed by atoms with Crippen LogP contribution in [-0.4, -0.2) is 16.5 Å². The Bertz CT molecular complexity index is 380. The van der Waals surface area contributed by atoms with E-state index in [0.29, 0.717) is 12.1 Å². The van der Waals surface area contributed by atoms with E-state index in [1.165, 1.54) is 0 Å². The highest BCUT2D eigenvalue weighted by molar-refractivity contribution is 9.10. The van der Waals surface area contributed by atoms with Crippen LogP contribution in [0.25, 0.3) is 0 Å². The lowest BCUT2D eigenvalue weighted by Gasteiger charge is -2.12. The molecular formula is C11H15BrN2O. The van der Waals surface area contributed by atoms with Gasteiger partial charge in [-0.3, -0.25) is 4.79 Å². The van der Waals surface area contributed by atoms with Gasteiger partial charge in [0, 0.05) is 22.8 Å². The number of carbonyl (C=O) groups excluding carboxylic acids is 1. The highest BCUT2D eigenvalue weighted by Gasteiger charge is 2.25. The van der Waals surface area contributed by atoms with Crippen molar-refractivity contribution in [3.05, 3.63) is 22.4 Å². The van der Waals surface area contributed by atoms with E-state index < -0.39 is 0 Å². The third-order valence-electron chi connectivity index (χ3n) is 2.52. The number of aromatic nitrogens is 1. The molecule has 1 aromatic rings. The maximum atomic E-state index is 11.9. The summed E-state index contributed by atoms with van der Waals surface area (Å²) in [5.74, 6) is 0.0388. The molecule has 0 bridgehead atoms. The molecule has 0 unspecified atom stereocenters. The molecule has 4 heteroatoms. The molecule has 0 spiro atoms. The summed E-state index contributed by atoms with van der Waals surface area (Å²) in [7, 11) is 0. The molecular weight excluding hydrogens is 256 g/mol. The van der Waals surface area contributed by atoms with Crippen molar-refractivity contribution in [1.82, 2.24) is 9.88 Å². The minimum absolute atomic E-state index is 0.0388. The molecule has 1 aliphatic rings. The highest BCUT2D eigenvalue weighted by Crippen LogP contribution is 2.22. The fourth-order valence-electron chi connectivity index (χ4n) is 1.54. The molecule has 1 N–H and O–H groups in total. The second-order valence-electron chi connectivity index (χ2n) is 4.29. The summed E-state index contributed by atoms with van der Waals surface area (Å²) in [6, 6.07) is 2.58. The maximum absolute atomic E-state index is 11.9. The molecule has 1 aromatic heterocycles. The number of rotatable bonds is 3. The smallest absolute Gasteiger partial charge is 0.268 e. The summed E-state index contributed by atoms with van der Waals surface area (Å²) in [6.45, 7) is 4.14. The topological polar surface area (TPSA) is 34.0 Å². The lowest BCUT2D eigenvalue weighted by Crippen LogP contribution is -2.27. The van der Waals surface area contributed by atoms with E-state index in [0.717, 1.165) is 23.0 Å². The van der Waals surface area contributed by atoms with E-state index in [2.05, 4.69) is 35.1 Å². The van der Waals surface area contributed by atoms with Crippen molar-refractivity contribution in [2.24, 2.45) is 0 Å². The number of hydrogen-bond donors (Lipinski definition) is 1. The predicted octanol–water partition coefficient (Wildman–Crippen LogP) is 2.72. The van der Waals surface area contributed by atoms with Crippen LogP contribution in [0.4, 0.5) is 0 Å². The average molecular weight is 271 g/mol. The van der Waals surface area contributed by atoms with E-state index in [4.69, 9.17) is 0 Å². The summed E-state index contributed by atoms with van der Waals surface area (Å²) in [5, 5.41) is 3.00. The van der Waals surface area contributed by atoms with E-state index in [1.54, 1.807) is 0 Å². The molecule has 0 saturated heterocycles. The van der Waals surface area contributed by atoms with Crippen molar-refractivity contribution in [3.63, 3.8) is 0 Å². The molecule has 1 fully saturated rings. The minimum atomic E-state index is 0.0388. The summed E-state index contributed by atoms with van der Waals surface area (Å²) in [5.41, 5.74) is 0.740. The van der Waals surface area contributed by atoms with Crippen molar-refractivity contribution >= 4 is 21.8 Å². The SMILES string of the molecule is CC(C)n1cc(Br)cc1C(=O)NC1CC1. The van der Waals surface area contributed by atoms with Crippen LogP contribution in [0.15, 0.2) is 16.7 Å². The van der Waals surface area contributed by atoms with Gasteiger partial charge in [0.1, 0.15) is 5.69 Å². The number of nitrogens with zero attached hydrogens (tertiary/aromatic N) is 1. The predicted molar refractivity (Wildman–Crippen MR) is 63.0 cm³/mol. The summed E-state index contributed by atoms with van der Waals surface area (Å²) in [6.07, 6.45) is 4.19. The van der Waals surface area contributed by atoms with E-state index in [-0.39, 0.29) is 5.91 Å². The minimum Gasteiger partial charge on any atom is -0.348 e. The average Bonchev–Trinajstić information content (AvgIpc) is 2.86. The van der Waals surface area contributed by atoms with Gasteiger partial charge in [-0.15, -0.1) is 0 Å². The molecule has 2 rings (SSSR count). The van der Waals surface area contributed by atoms with Crippen LogP contribution < -0.4 is 5.32 Å². The van der Waals surface area contributed by atoms with Crippen LogP contribution in [0.1, 0.15) is 43.2 Å². The van der Waals surface area contributed by atoms with Gasteiger partial charge in [0.2, 0.25) is 0 Å². The lowest BCUT2D eigenvalue weighted by atomic mass is 10.3. The maximum Gasteiger partial charge on any atom is 0.268 e. The third kappa shape index (κ3) is 2.43. The Morgan fingerprint density at radius 2 is 2.27 bits per heavy atom. The van der Waals surface area contributed by atoms with Crippen LogP contribution in [0.5, 0.6) is 0 Å². The number of halogens is 1. The quantitative estimate of drug-likeness (QED) is 0.901. The molecule has 1 aliphatic carbocycles. The van der Waals surface area contributed by atoms with Gasteiger partial charge in [0.15, 0.2) is 0 Å². The fraction of sp³-hybridized carbons (Fsp3) is 0.545. The molecule has 0 radical (unpaired) electrons. The molecule has 0 atom stereocenters. The molecule has 82 valence electrons. The normalized spacial score (nSPS) is 15.7. The van der Waals surface area contributed by atoms with Gasteiger partial charge in [-0.05, 0) is 48.7 Å². The molecule has 15 heavy (non-hydrogen) atoms. The Hall–Kier alpha value is -0.770. The summed E-state index contributed by atoms with van der Waals surface area (Å²) in [4.78, 5) is 11.9. The Morgan fingerprint density at radius 3 is 2.80 bits per heavy atom. The first-order valence-electron chi connectivity index (χ1n) is 5.26. The van der Waals surface area contributed by atoms with E-state index in [9.17, 15) is 4.79 Å². The monoisotopic (exact) mass is 270 g/mol. The molecule has 0 aliphatic heterocycles. The highest BCUT2D eigenvalue weighted by atomic mass is 79.9. The fourth-order valence-corrected chi connectivity index (χ4v) is 1.98. The van der Waals surface area contributed by atoms with Crippen LogP contribution in [0, 0.1) is 0 Å². The van der Waals surface area contributed by atoms with Crippen LogP contribution in [0.2, 0.25) is 0 Å². The van der Waals surface area contributed by atoms with E-state index >= 15 is 0 Å². The number of amides is 1. The Morgan fingerprint density at radius 1 is 1.60 bits per heavy atom. The second-order valence-corrected chi connectivity index (χ2v) is 5.21. The van der Waals surface area contributed by atoms with Crippen molar-refractivity contribution in [2.45, 2.75) is 38.8 Å². The van der Waals surface area contributed by atoms with Gasteiger partial charge in [-0.2, -0.15) is 0 Å². The lowest BCUT2D eigenvalue weighted by molar-refractivity contribution is 0.0940. The second kappa shape index (κ2) is 4.00. The molecule has 1 saturated carbocycles. The van der Waals surface area contributed by atoms with Crippen molar-refractivity contribution in [2.75, 3.05) is 0 Å². The summed E-state index contributed by atoms with van der Waals surface area (Å²) < 4.78 is 2.94. The first-order valence-corrected chi connectivity index (χ1v) is 6.05. The zero-order valence-electron chi connectivity index (χ0n) is 8.96. The Kier molecular flexibility index (Phi) is 2.87.